The first kappa shape index (κ1) is 15.3. The average molecular weight is 280 g/mol. The van der Waals surface area contributed by atoms with Gasteiger partial charge >= 0.3 is 0 Å². The second kappa shape index (κ2) is 6.15. The number of hydrogen-bond acceptors (Lipinski definition) is 2. The molecule has 1 aliphatic heterocycles. The minimum Gasteiger partial charge on any atom is -0.343 e. The molecule has 0 aromatic rings. The molecule has 2 amide bonds. The summed E-state index contributed by atoms with van der Waals surface area (Å²) < 4.78 is 0. The molecule has 1 saturated heterocycles. The maximum atomic E-state index is 12.7. The lowest BCUT2D eigenvalue weighted by Crippen LogP contribution is -2.66. The van der Waals surface area contributed by atoms with E-state index >= 15 is 0 Å². The minimum absolute atomic E-state index is 0.0318. The van der Waals surface area contributed by atoms with Crippen LogP contribution in [0.3, 0.4) is 0 Å². The van der Waals surface area contributed by atoms with Gasteiger partial charge in [-0.2, -0.15) is 0 Å². The van der Waals surface area contributed by atoms with Crippen LogP contribution in [-0.4, -0.2) is 34.8 Å². The average Bonchev–Trinajstić information content (AvgIpc) is 2.44. The summed E-state index contributed by atoms with van der Waals surface area (Å²) in [5.41, 5.74) is 0. The predicted molar refractivity (Wildman–Crippen MR) is 79.1 cm³/mol. The van der Waals surface area contributed by atoms with Crippen LogP contribution in [0.2, 0.25) is 0 Å². The Morgan fingerprint density at radius 3 is 2.45 bits per heavy atom. The first-order valence-electron chi connectivity index (χ1n) is 8.13. The van der Waals surface area contributed by atoms with Crippen LogP contribution >= 0.6 is 0 Å². The number of piperazine rings is 1. The second-order valence-corrected chi connectivity index (χ2v) is 6.47. The fourth-order valence-corrected chi connectivity index (χ4v) is 3.79. The van der Waals surface area contributed by atoms with Crippen LogP contribution in [0.15, 0.2) is 0 Å². The monoisotopic (exact) mass is 280 g/mol. The molecule has 0 bridgehead atoms. The van der Waals surface area contributed by atoms with Crippen LogP contribution in [-0.2, 0) is 9.59 Å². The molecule has 1 heterocycles. The molecular weight excluding hydrogens is 252 g/mol. The molecule has 0 spiro atoms. The number of hydrogen-bond donors (Lipinski definition) is 1. The molecule has 2 aliphatic rings. The molecule has 5 unspecified atom stereocenters. The molecule has 2 fully saturated rings. The molecule has 0 radical (unpaired) electrons. The van der Waals surface area contributed by atoms with Gasteiger partial charge in [-0.05, 0) is 31.1 Å². The van der Waals surface area contributed by atoms with Crippen molar-refractivity contribution in [3.8, 4) is 0 Å². The van der Waals surface area contributed by atoms with E-state index in [4.69, 9.17) is 0 Å². The van der Waals surface area contributed by atoms with E-state index in [1.165, 1.54) is 6.42 Å². The number of nitrogens with zero attached hydrogens (tertiary/aromatic N) is 1. The number of carbonyl (C=O) groups excluding carboxylic acids is 2. The van der Waals surface area contributed by atoms with Gasteiger partial charge in [0.2, 0.25) is 11.8 Å². The third-order valence-corrected chi connectivity index (χ3v) is 5.32. The van der Waals surface area contributed by atoms with Gasteiger partial charge in [-0.1, -0.05) is 40.5 Å². The molecule has 1 aliphatic carbocycles. The van der Waals surface area contributed by atoms with E-state index in [1.54, 1.807) is 0 Å². The summed E-state index contributed by atoms with van der Waals surface area (Å²) in [6.07, 6.45) is 4.81. The van der Waals surface area contributed by atoms with Crippen molar-refractivity contribution in [2.75, 3.05) is 0 Å². The van der Waals surface area contributed by atoms with Crippen LogP contribution in [0, 0.1) is 11.8 Å². The van der Waals surface area contributed by atoms with Gasteiger partial charge in [-0.25, -0.2) is 0 Å². The maximum Gasteiger partial charge on any atom is 0.246 e. The third kappa shape index (κ3) is 2.57. The van der Waals surface area contributed by atoms with E-state index < -0.39 is 0 Å². The van der Waals surface area contributed by atoms with Crippen molar-refractivity contribution in [2.24, 2.45) is 11.8 Å². The Bertz CT molecular complexity index is 383. The Kier molecular flexibility index (Phi) is 4.71. The highest BCUT2D eigenvalue weighted by molar-refractivity contribution is 5.97. The first-order chi connectivity index (χ1) is 9.51. The molecule has 20 heavy (non-hydrogen) atoms. The Morgan fingerprint density at radius 1 is 1.15 bits per heavy atom. The van der Waals surface area contributed by atoms with E-state index in [9.17, 15) is 9.59 Å². The van der Waals surface area contributed by atoms with Crippen LogP contribution in [0.4, 0.5) is 0 Å². The van der Waals surface area contributed by atoms with Crippen molar-refractivity contribution >= 4 is 11.8 Å². The highest BCUT2D eigenvalue weighted by Gasteiger charge is 2.45. The van der Waals surface area contributed by atoms with Crippen LogP contribution < -0.4 is 5.32 Å². The normalized spacial score (nSPS) is 38.8. The highest BCUT2D eigenvalue weighted by atomic mass is 16.2. The zero-order valence-corrected chi connectivity index (χ0v) is 13.2. The standard InChI is InChI=1S/C16H28N2O2/c1-5-12-16(20)18(13(6-2)15(19)17-12)14-9-7-8-10(3)11(14)4/h10-14H,5-9H2,1-4H3,(H,17,19). The second-order valence-electron chi connectivity index (χ2n) is 6.47. The van der Waals surface area contributed by atoms with E-state index in [-0.39, 0.29) is 29.9 Å². The van der Waals surface area contributed by atoms with Crippen LogP contribution in [0.5, 0.6) is 0 Å². The molecule has 1 saturated carbocycles. The van der Waals surface area contributed by atoms with E-state index in [0.717, 1.165) is 12.8 Å². The smallest absolute Gasteiger partial charge is 0.246 e. The third-order valence-electron chi connectivity index (χ3n) is 5.32. The van der Waals surface area contributed by atoms with Gasteiger partial charge in [0.1, 0.15) is 12.1 Å². The molecule has 114 valence electrons. The van der Waals surface area contributed by atoms with E-state index in [1.807, 2.05) is 18.7 Å². The van der Waals surface area contributed by atoms with Crippen molar-refractivity contribution in [2.45, 2.75) is 77.9 Å². The van der Waals surface area contributed by atoms with Crippen molar-refractivity contribution < 1.29 is 9.59 Å². The zero-order chi connectivity index (χ0) is 14.9. The number of rotatable bonds is 3. The van der Waals surface area contributed by atoms with Crippen LogP contribution in [0.25, 0.3) is 0 Å². The van der Waals surface area contributed by atoms with Gasteiger partial charge in [0.05, 0.1) is 0 Å². The number of carbonyl (C=O) groups is 2. The quantitative estimate of drug-likeness (QED) is 0.862. The molecular formula is C16H28N2O2. The van der Waals surface area contributed by atoms with Gasteiger partial charge in [-0.15, -0.1) is 0 Å². The van der Waals surface area contributed by atoms with Gasteiger partial charge in [-0.3, -0.25) is 9.59 Å². The molecule has 5 atom stereocenters. The molecule has 0 aromatic carbocycles. The molecule has 2 rings (SSSR count). The van der Waals surface area contributed by atoms with E-state index in [2.05, 4.69) is 19.2 Å². The Hall–Kier alpha value is -1.06. The lowest BCUT2D eigenvalue weighted by atomic mass is 9.76. The van der Waals surface area contributed by atoms with Crippen molar-refractivity contribution in [3.05, 3.63) is 0 Å². The first-order valence-corrected chi connectivity index (χ1v) is 8.13. The Morgan fingerprint density at radius 2 is 1.85 bits per heavy atom. The maximum absolute atomic E-state index is 12.7. The lowest BCUT2D eigenvalue weighted by molar-refractivity contribution is -0.155. The highest BCUT2D eigenvalue weighted by Crippen LogP contribution is 2.35. The summed E-state index contributed by atoms with van der Waals surface area (Å²) in [6.45, 7) is 8.46. The largest absolute Gasteiger partial charge is 0.343 e. The predicted octanol–water partition coefficient (Wildman–Crippen LogP) is 2.33. The van der Waals surface area contributed by atoms with Crippen molar-refractivity contribution in [1.29, 1.82) is 0 Å². The van der Waals surface area contributed by atoms with Crippen molar-refractivity contribution in [3.63, 3.8) is 0 Å². The SMILES string of the molecule is CCC1NC(=O)C(CC)N(C2CCCC(C)C2C)C1=O. The van der Waals surface area contributed by atoms with Gasteiger partial charge < -0.3 is 10.2 Å². The summed E-state index contributed by atoms with van der Waals surface area (Å²) in [5.74, 6) is 1.27. The fraction of sp³-hybridized carbons (Fsp3) is 0.875. The van der Waals surface area contributed by atoms with Crippen LogP contribution in [0.1, 0.15) is 59.8 Å². The summed E-state index contributed by atoms with van der Waals surface area (Å²) in [7, 11) is 0. The molecule has 0 aromatic heterocycles. The Labute approximate surface area is 122 Å². The van der Waals surface area contributed by atoms with Crippen molar-refractivity contribution in [1.82, 2.24) is 10.2 Å². The summed E-state index contributed by atoms with van der Waals surface area (Å²) in [4.78, 5) is 26.9. The number of amides is 2. The van der Waals surface area contributed by atoms with Gasteiger partial charge in [0.25, 0.3) is 0 Å². The zero-order valence-electron chi connectivity index (χ0n) is 13.2. The topological polar surface area (TPSA) is 49.4 Å². The summed E-state index contributed by atoms with van der Waals surface area (Å²) in [6, 6.07) is -0.367. The summed E-state index contributed by atoms with van der Waals surface area (Å²) >= 11 is 0. The minimum atomic E-state index is -0.324. The van der Waals surface area contributed by atoms with Gasteiger partial charge in [0.15, 0.2) is 0 Å². The Balaban J connectivity index is 2.28. The summed E-state index contributed by atoms with van der Waals surface area (Å²) in [5, 5.41) is 2.88. The molecule has 4 heteroatoms. The number of nitrogens with one attached hydrogen (secondary N) is 1. The molecule has 4 nitrogen and oxygen atoms in total. The lowest BCUT2D eigenvalue weighted by Gasteiger charge is -2.48. The van der Waals surface area contributed by atoms with Gasteiger partial charge in [0, 0.05) is 6.04 Å². The fourth-order valence-electron chi connectivity index (χ4n) is 3.79. The molecule has 1 N–H and O–H groups in total. The van der Waals surface area contributed by atoms with E-state index in [0.29, 0.717) is 24.7 Å².